The van der Waals surface area contributed by atoms with Crippen LogP contribution in [0.25, 0.3) is 11.0 Å². The molecule has 0 aliphatic carbocycles. The number of para-hydroxylation sites is 2. The normalized spacial score (nSPS) is 16.8. The average molecular weight is 363 g/mol. The van der Waals surface area contributed by atoms with Crippen LogP contribution in [0, 0.1) is 6.92 Å². The number of rotatable bonds is 5. The van der Waals surface area contributed by atoms with Crippen LogP contribution in [0.1, 0.15) is 37.2 Å². The highest BCUT2D eigenvalue weighted by molar-refractivity contribution is 5.77. The molecule has 1 atom stereocenters. The third-order valence-corrected chi connectivity index (χ3v) is 5.21. The van der Waals surface area contributed by atoms with Crippen LogP contribution in [0.15, 0.2) is 48.5 Å². The fourth-order valence-electron chi connectivity index (χ4n) is 3.96. The minimum Gasteiger partial charge on any atom is -0.492 e. The Morgan fingerprint density at radius 1 is 1.22 bits per heavy atom. The summed E-state index contributed by atoms with van der Waals surface area (Å²) in [5.41, 5.74) is 3.25. The van der Waals surface area contributed by atoms with Gasteiger partial charge in [0.2, 0.25) is 5.91 Å². The van der Waals surface area contributed by atoms with Crippen molar-refractivity contribution in [1.82, 2.24) is 14.5 Å². The molecular weight excluding hydrogens is 338 g/mol. The van der Waals surface area contributed by atoms with Crippen molar-refractivity contribution in [2.24, 2.45) is 0 Å². The number of nitrogens with zero attached hydrogens (tertiary/aromatic N) is 3. The summed E-state index contributed by atoms with van der Waals surface area (Å²) < 4.78 is 8.19. The van der Waals surface area contributed by atoms with Crippen LogP contribution in [-0.2, 0) is 11.3 Å². The zero-order valence-corrected chi connectivity index (χ0v) is 15.9. The molecule has 5 nitrogen and oxygen atoms in total. The van der Waals surface area contributed by atoms with Crippen LogP contribution in [0.2, 0.25) is 0 Å². The molecule has 5 heteroatoms. The quantitative estimate of drug-likeness (QED) is 0.685. The summed E-state index contributed by atoms with van der Waals surface area (Å²) in [6.45, 7) is 5.77. The van der Waals surface area contributed by atoms with E-state index in [1.54, 1.807) is 6.92 Å². The fraction of sp³-hybridized carbons (Fsp3) is 0.364. The molecule has 1 saturated heterocycles. The van der Waals surface area contributed by atoms with Crippen LogP contribution in [0.5, 0.6) is 5.75 Å². The first kappa shape index (κ1) is 17.6. The number of fused-ring (bicyclic) bond motifs is 1. The first-order valence-electron chi connectivity index (χ1n) is 9.55. The van der Waals surface area contributed by atoms with Gasteiger partial charge in [0.25, 0.3) is 0 Å². The lowest BCUT2D eigenvalue weighted by atomic mass is 10.2. The zero-order chi connectivity index (χ0) is 18.8. The van der Waals surface area contributed by atoms with Gasteiger partial charge in [-0.05, 0) is 49.6 Å². The molecule has 3 aromatic rings. The Bertz CT molecular complexity index is 963. The lowest BCUT2D eigenvalue weighted by Crippen LogP contribution is -2.30. The van der Waals surface area contributed by atoms with Gasteiger partial charge in [-0.1, -0.05) is 24.3 Å². The van der Waals surface area contributed by atoms with Crippen LogP contribution in [-0.4, -0.2) is 33.5 Å². The lowest BCUT2D eigenvalue weighted by Gasteiger charge is -2.24. The van der Waals surface area contributed by atoms with Crippen molar-refractivity contribution in [2.45, 2.75) is 39.3 Å². The Hall–Kier alpha value is -2.82. The van der Waals surface area contributed by atoms with Gasteiger partial charge in [-0.15, -0.1) is 0 Å². The Kier molecular flexibility index (Phi) is 4.84. The minimum absolute atomic E-state index is 0.0499. The monoisotopic (exact) mass is 363 g/mol. The van der Waals surface area contributed by atoms with Gasteiger partial charge in [-0.3, -0.25) is 4.79 Å². The van der Waals surface area contributed by atoms with Crippen molar-refractivity contribution < 1.29 is 9.53 Å². The molecule has 1 amide bonds. The molecule has 0 N–H and O–H groups in total. The van der Waals surface area contributed by atoms with Crippen molar-refractivity contribution >= 4 is 16.9 Å². The Morgan fingerprint density at radius 2 is 2.07 bits per heavy atom. The van der Waals surface area contributed by atoms with Gasteiger partial charge in [0.05, 0.1) is 23.6 Å². The molecule has 1 fully saturated rings. The number of aryl methyl sites for hydroxylation is 1. The first-order chi connectivity index (χ1) is 13.1. The first-order valence-corrected chi connectivity index (χ1v) is 9.55. The predicted octanol–water partition coefficient (Wildman–Crippen LogP) is 4.11. The lowest BCUT2D eigenvalue weighted by molar-refractivity contribution is -0.129. The molecule has 1 aliphatic heterocycles. The summed E-state index contributed by atoms with van der Waals surface area (Å²) in [7, 11) is 0. The van der Waals surface area contributed by atoms with Gasteiger partial charge < -0.3 is 14.2 Å². The van der Waals surface area contributed by atoms with E-state index >= 15 is 0 Å². The smallest absolute Gasteiger partial charge is 0.220 e. The van der Waals surface area contributed by atoms with E-state index in [9.17, 15) is 4.79 Å². The van der Waals surface area contributed by atoms with E-state index in [2.05, 4.69) is 23.6 Å². The standard InChI is InChI=1S/C22H25N3O2/c1-16-7-5-8-18(15-16)27-14-13-25-20-10-4-3-9-19(20)23-22(25)21-11-6-12-24(21)17(2)26/h3-5,7-10,15,21H,6,11-14H2,1-2H3/t21-/m1/s1. The highest BCUT2D eigenvalue weighted by Crippen LogP contribution is 2.33. The van der Waals surface area contributed by atoms with Crippen molar-refractivity contribution in [2.75, 3.05) is 13.2 Å². The van der Waals surface area contributed by atoms with Crippen molar-refractivity contribution in [3.8, 4) is 5.75 Å². The van der Waals surface area contributed by atoms with E-state index in [4.69, 9.17) is 9.72 Å². The summed E-state index contributed by atoms with van der Waals surface area (Å²) in [5, 5.41) is 0. The van der Waals surface area contributed by atoms with Gasteiger partial charge >= 0.3 is 0 Å². The summed E-state index contributed by atoms with van der Waals surface area (Å²) >= 11 is 0. The third-order valence-electron chi connectivity index (χ3n) is 5.21. The largest absolute Gasteiger partial charge is 0.492 e. The van der Waals surface area contributed by atoms with Gasteiger partial charge in [-0.25, -0.2) is 4.98 Å². The van der Waals surface area contributed by atoms with Crippen molar-refractivity contribution in [1.29, 1.82) is 0 Å². The molecule has 0 spiro atoms. The Morgan fingerprint density at radius 3 is 2.89 bits per heavy atom. The van der Waals surface area contributed by atoms with Crippen LogP contribution in [0.3, 0.4) is 0 Å². The number of hydrogen-bond acceptors (Lipinski definition) is 3. The Labute approximate surface area is 159 Å². The molecule has 2 aromatic carbocycles. The molecule has 4 rings (SSSR count). The summed E-state index contributed by atoms with van der Waals surface area (Å²) in [6, 6.07) is 16.3. The van der Waals surface area contributed by atoms with Gasteiger partial charge in [-0.2, -0.15) is 0 Å². The molecule has 1 aromatic heterocycles. The van der Waals surface area contributed by atoms with E-state index in [0.717, 1.165) is 42.0 Å². The second-order valence-corrected chi connectivity index (χ2v) is 7.15. The van der Waals surface area contributed by atoms with E-state index in [1.165, 1.54) is 5.56 Å². The number of carbonyl (C=O) groups is 1. The molecule has 2 heterocycles. The maximum atomic E-state index is 12.1. The van der Waals surface area contributed by atoms with E-state index in [0.29, 0.717) is 13.2 Å². The molecule has 0 saturated carbocycles. The second-order valence-electron chi connectivity index (χ2n) is 7.15. The van der Waals surface area contributed by atoms with E-state index in [1.807, 2.05) is 41.3 Å². The van der Waals surface area contributed by atoms with Crippen LogP contribution in [0.4, 0.5) is 0 Å². The zero-order valence-electron chi connectivity index (χ0n) is 15.9. The third kappa shape index (κ3) is 3.54. The van der Waals surface area contributed by atoms with Crippen LogP contribution >= 0.6 is 0 Å². The average Bonchev–Trinajstić information content (AvgIpc) is 3.27. The van der Waals surface area contributed by atoms with E-state index < -0.39 is 0 Å². The van der Waals surface area contributed by atoms with Crippen molar-refractivity contribution in [3.05, 3.63) is 59.9 Å². The second kappa shape index (κ2) is 7.43. The van der Waals surface area contributed by atoms with Crippen molar-refractivity contribution in [3.63, 3.8) is 0 Å². The number of hydrogen-bond donors (Lipinski definition) is 0. The minimum atomic E-state index is 0.0499. The number of amides is 1. The fourth-order valence-corrected chi connectivity index (χ4v) is 3.96. The number of imidazole rings is 1. The highest BCUT2D eigenvalue weighted by Gasteiger charge is 2.32. The number of carbonyl (C=O) groups excluding carboxylic acids is 1. The SMILES string of the molecule is CC(=O)N1CCC[C@@H]1c1nc2ccccc2n1CCOc1cccc(C)c1. The maximum Gasteiger partial charge on any atom is 0.220 e. The molecule has 1 aliphatic rings. The highest BCUT2D eigenvalue weighted by atomic mass is 16.5. The molecule has 0 radical (unpaired) electrons. The number of ether oxygens (including phenoxy) is 1. The molecule has 0 bridgehead atoms. The predicted molar refractivity (Wildman–Crippen MR) is 106 cm³/mol. The maximum absolute atomic E-state index is 12.1. The number of benzene rings is 2. The van der Waals surface area contributed by atoms with Gasteiger partial charge in [0.1, 0.15) is 18.2 Å². The molecule has 0 unspecified atom stereocenters. The molecule has 27 heavy (non-hydrogen) atoms. The Balaban J connectivity index is 1.61. The molecule has 140 valence electrons. The summed E-state index contributed by atoms with van der Waals surface area (Å²) in [4.78, 5) is 18.9. The van der Waals surface area contributed by atoms with Gasteiger partial charge in [0.15, 0.2) is 0 Å². The van der Waals surface area contributed by atoms with Crippen LogP contribution < -0.4 is 4.74 Å². The van der Waals surface area contributed by atoms with E-state index in [-0.39, 0.29) is 11.9 Å². The topological polar surface area (TPSA) is 47.4 Å². The van der Waals surface area contributed by atoms with Gasteiger partial charge in [0, 0.05) is 13.5 Å². The number of likely N-dealkylation sites (tertiary alicyclic amines) is 1. The summed E-state index contributed by atoms with van der Waals surface area (Å²) in [5.74, 6) is 1.97. The summed E-state index contributed by atoms with van der Waals surface area (Å²) in [6.07, 6.45) is 1.98. The number of aromatic nitrogens is 2. The molecular formula is C22H25N3O2.